The number of aliphatic hydroxyl groups is 1. The molecule has 106 valence electrons. The third-order valence-corrected chi connectivity index (χ3v) is 3.63. The molecule has 1 aromatic carbocycles. The molecule has 3 N–H and O–H groups in total. The fourth-order valence-corrected chi connectivity index (χ4v) is 2.48. The molecule has 0 bridgehead atoms. The van der Waals surface area contributed by atoms with Crippen LogP contribution in [0.1, 0.15) is 18.1 Å². The van der Waals surface area contributed by atoms with E-state index < -0.39 is 5.60 Å². The Morgan fingerprint density at radius 3 is 2.68 bits per heavy atom. The largest absolute Gasteiger partial charge is 0.387 e. The maximum atomic E-state index is 11.8. The summed E-state index contributed by atoms with van der Waals surface area (Å²) in [6.45, 7) is 5.90. The Kier molecular flexibility index (Phi) is 5.69. The number of carbonyl (C=O) groups excluding carboxylic acids is 1. The first-order valence-electron chi connectivity index (χ1n) is 6.17. The molecule has 0 aliphatic rings. The Morgan fingerprint density at radius 2 is 2.11 bits per heavy atom. The second-order valence-corrected chi connectivity index (χ2v) is 5.92. The summed E-state index contributed by atoms with van der Waals surface area (Å²) in [6.07, 6.45) is 1.92. The fourth-order valence-electron chi connectivity index (χ4n) is 1.75. The molecule has 5 heteroatoms. The topological polar surface area (TPSA) is 61.4 Å². The van der Waals surface area contributed by atoms with E-state index in [0.717, 1.165) is 16.8 Å². The van der Waals surface area contributed by atoms with Crippen molar-refractivity contribution in [3.05, 3.63) is 29.3 Å². The molecule has 1 aromatic rings. The lowest BCUT2D eigenvalue weighted by Gasteiger charge is -2.22. The highest BCUT2D eigenvalue weighted by Crippen LogP contribution is 2.16. The van der Waals surface area contributed by atoms with Gasteiger partial charge < -0.3 is 15.7 Å². The van der Waals surface area contributed by atoms with E-state index in [9.17, 15) is 9.90 Å². The maximum absolute atomic E-state index is 11.8. The molecule has 4 nitrogen and oxygen atoms in total. The van der Waals surface area contributed by atoms with Gasteiger partial charge in [-0.25, -0.2) is 4.79 Å². The summed E-state index contributed by atoms with van der Waals surface area (Å²) >= 11 is 1.55. The van der Waals surface area contributed by atoms with Crippen molar-refractivity contribution < 1.29 is 9.90 Å². The first kappa shape index (κ1) is 15.9. The Bertz CT molecular complexity index is 447. The van der Waals surface area contributed by atoms with Crippen molar-refractivity contribution in [2.45, 2.75) is 26.4 Å². The van der Waals surface area contributed by atoms with Crippen molar-refractivity contribution in [2.24, 2.45) is 0 Å². The van der Waals surface area contributed by atoms with Crippen molar-refractivity contribution in [3.8, 4) is 0 Å². The smallest absolute Gasteiger partial charge is 0.319 e. The van der Waals surface area contributed by atoms with Gasteiger partial charge in [0.05, 0.1) is 5.60 Å². The third kappa shape index (κ3) is 5.53. The van der Waals surface area contributed by atoms with Crippen molar-refractivity contribution in [3.63, 3.8) is 0 Å². The number of carbonyl (C=O) groups is 1. The highest BCUT2D eigenvalue weighted by Gasteiger charge is 2.20. The second-order valence-electron chi connectivity index (χ2n) is 5.06. The van der Waals surface area contributed by atoms with Gasteiger partial charge in [-0.1, -0.05) is 17.7 Å². The van der Waals surface area contributed by atoms with E-state index in [1.165, 1.54) is 0 Å². The summed E-state index contributed by atoms with van der Waals surface area (Å²) in [4.78, 5) is 11.8. The first-order chi connectivity index (χ1) is 8.84. The predicted molar refractivity (Wildman–Crippen MR) is 81.9 cm³/mol. The molecular weight excluding hydrogens is 260 g/mol. The van der Waals surface area contributed by atoms with Crippen molar-refractivity contribution in [1.29, 1.82) is 0 Å². The van der Waals surface area contributed by atoms with E-state index in [1.54, 1.807) is 18.7 Å². The van der Waals surface area contributed by atoms with E-state index >= 15 is 0 Å². The normalized spacial score (nSPS) is 13.7. The van der Waals surface area contributed by atoms with Crippen LogP contribution in [-0.4, -0.2) is 35.3 Å². The minimum absolute atomic E-state index is 0.227. The van der Waals surface area contributed by atoms with Gasteiger partial charge in [-0.15, -0.1) is 0 Å². The van der Waals surface area contributed by atoms with Crippen LogP contribution in [0.3, 0.4) is 0 Å². The van der Waals surface area contributed by atoms with Crippen LogP contribution in [0.5, 0.6) is 0 Å². The molecule has 1 unspecified atom stereocenters. The highest BCUT2D eigenvalue weighted by molar-refractivity contribution is 7.98. The molecule has 0 fully saturated rings. The number of benzene rings is 1. The lowest BCUT2D eigenvalue weighted by atomic mass is 10.1. The molecule has 19 heavy (non-hydrogen) atoms. The van der Waals surface area contributed by atoms with Gasteiger partial charge in [0.15, 0.2) is 0 Å². The summed E-state index contributed by atoms with van der Waals surface area (Å²) in [6, 6.07) is 5.55. The zero-order valence-corrected chi connectivity index (χ0v) is 12.7. The van der Waals surface area contributed by atoms with Crippen molar-refractivity contribution in [2.75, 3.05) is 23.9 Å². The van der Waals surface area contributed by atoms with Gasteiger partial charge in [0.25, 0.3) is 0 Å². The molecule has 1 rings (SSSR count). The minimum Gasteiger partial charge on any atom is -0.387 e. The van der Waals surface area contributed by atoms with Crippen LogP contribution in [0.15, 0.2) is 18.2 Å². The molecule has 1 atom stereocenters. The highest BCUT2D eigenvalue weighted by atomic mass is 32.2. The van der Waals surface area contributed by atoms with Crippen LogP contribution in [-0.2, 0) is 0 Å². The van der Waals surface area contributed by atoms with Crippen LogP contribution < -0.4 is 10.6 Å². The second kappa shape index (κ2) is 6.82. The van der Waals surface area contributed by atoms with Gasteiger partial charge in [0, 0.05) is 18.0 Å². The number of aryl methyl sites for hydroxylation is 2. The van der Waals surface area contributed by atoms with Crippen LogP contribution >= 0.6 is 11.8 Å². The molecule has 2 amide bonds. The van der Waals surface area contributed by atoms with E-state index in [-0.39, 0.29) is 12.6 Å². The number of thioether (sulfide) groups is 1. The third-order valence-electron chi connectivity index (χ3n) is 2.72. The SMILES string of the molecule is CSCC(C)(O)CNC(=O)Nc1ccc(C)cc1C. The molecule has 0 saturated heterocycles. The molecule has 0 radical (unpaired) electrons. The maximum Gasteiger partial charge on any atom is 0.319 e. The molecule has 0 aromatic heterocycles. The first-order valence-corrected chi connectivity index (χ1v) is 7.57. The zero-order valence-electron chi connectivity index (χ0n) is 11.9. The minimum atomic E-state index is -0.890. The monoisotopic (exact) mass is 282 g/mol. The van der Waals surface area contributed by atoms with Crippen molar-refractivity contribution >= 4 is 23.5 Å². The summed E-state index contributed by atoms with van der Waals surface area (Å²) in [5.41, 5.74) is 2.07. The van der Waals surface area contributed by atoms with Crippen molar-refractivity contribution in [1.82, 2.24) is 5.32 Å². The predicted octanol–water partition coefficient (Wildman–Crippen LogP) is 2.54. The number of amides is 2. The summed E-state index contributed by atoms with van der Waals surface area (Å²) in [7, 11) is 0. The van der Waals surface area contributed by atoms with Crippen LogP contribution in [0.2, 0.25) is 0 Å². The van der Waals surface area contributed by atoms with Crippen LogP contribution in [0, 0.1) is 13.8 Å². The van der Waals surface area contributed by atoms with Gasteiger partial charge in [0.1, 0.15) is 0 Å². The number of nitrogens with one attached hydrogen (secondary N) is 2. The molecular formula is C14H22N2O2S. The molecule has 0 aliphatic heterocycles. The lowest BCUT2D eigenvalue weighted by Crippen LogP contribution is -2.44. The fraction of sp³-hybridized carbons (Fsp3) is 0.500. The number of anilines is 1. The molecule has 0 aliphatic carbocycles. The zero-order chi connectivity index (χ0) is 14.5. The number of urea groups is 1. The van der Waals surface area contributed by atoms with E-state index in [4.69, 9.17) is 0 Å². The quantitative estimate of drug-likeness (QED) is 0.778. The van der Waals surface area contributed by atoms with E-state index in [2.05, 4.69) is 10.6 Å². The Hall–Kier alpha value is -1.20. The molecule has 0 heterocycles. The van der Waals surface area contributed by atoms with Gasteiger partial charge in [-0.3, -0.25) is 0 Å². The average molecular weight is 282 g/mol. The van der Waals surface area contributed by atoms with Crippen LogP contribution in [0.4, 0.5) is 10.5 Å². The molecule has 0 spiro atoms. The number of rotatable bonds is 5. The number of hydrogen-bond acceptors (Lipinski definition) is 3. The Balaban J connectivity index is 2.52. The Labute approximate surface area is 119 Å². The lowest BCUT2D eigenvalue weighted by molar-refractivity contribution is 0.0876. The van der Waals surface area contributed by atoms with Crippen LogP contribution in [0.25, 0.3) is 0 Å². The molecule has 0 saturated carbocycles. The average Bonchev–Trinajstić information content (AvgIpc) is 2.30. The van der Waals surface area contributed by atoms with Gasteiger partial charge >= 0.3 is 6.03 Å². The van der Waals surface area contributed by atoms with Gasteiger partial charge in [-0.05, 0) is 38.7 Å². The summed E-state index contributed by atoms with van der Waals surface area (Å²) in [5, 5.41) is 15.4. The van der Waals surface area contributed by atoms with Gasteiger partial charge in [0.2, 0.25) is 0 Å². The summed E-state index contributed by atoms with van der Waals surface area (Å²) < 4.78 is 0. The number of hydrogen-bond donors (Lipinski definition) is 3. The van der Waals surface area contributed by atoms with E-state index in [1.807, 2.05) is 38.3 Å². The van der Waals surface area contributed by atoms with E-state index in [0.29, 0.717) is 5.75 Å². The summed E-state index contributed by atoms with van der Waals surface area (Å²) in [5.74, 6) is 0.580. The van der Waals surface area contributed by atoms with Gasteiger partial charge in [-0.2, -0.15) is 11.8 Å². The standard InChI is InChI=1S/C14H22N2O2S/c1-10-5-6-12(11(2)7-10)16-13(17)15-8-14(3,18)9-19-4/h5-7,18H,8-9H2,1-4H3,(H2,15,16,17). The Morgan fingerprint density at radius 1 is 1.42 bits per heavy atom.